The third-order valence-electron chi connectivity index (χ3n) is 10.8. The second-order valence-corrected chi connectivity index (χ2v) is 17.5. The van der Waals surface area contributed by atoms with Crippen molar-refractivity contribution in [3.05, 3.63) is 94.5 Å². The first-order valence-corrected chi connectivity index (χ1v) is 16.9. The fourth-order valence-corrected chi connectivity index (χ4v) is 8.80. The predicted molar refractivity (Wildman–Crippen MR) is 195 cm³/mol. The maximum Gasteiger partial charge on any atom is 0.301 e. The van der Waals surface area contributed by atoms with Crippen molar-refractivity contribution in [2.75, 3.05) is 4.90 Å². The topological polar surface area (TPSA) is 25.6 Å². The zero-order chi connectivity index (χ0) is 32.7. The molecule has 234 valence electrons. The molecule has 3 aliphatic rings. The Morgan fingerprint density at radius 1 is 0.761 bits per heavy atom. The fourth-order valence-electron chi connectivity index (χ4n) is 8.80. The van der Waals surface area contributed by atoms with Gasteiger partial charge in [-0.15, -0.1) is 0 Å². The minimum atomic E-state index is -0.0650. The summed E-state index contributed by atoms with van der Waals surface area (Å²) in [6.45, 7) is 25.3. The van der Waals surface area contributed by atoms with Crippen molar-refractivity contribution in [2.45, 2.75) is 104 Å². The molecule has 0 amide bonds. The van der Waals surface area contributed by atoms with Crippen molar-refractivity contribution in [3.8, 4) is 11.5 Å². The molecule has 0 atom stereocenters. The minimum Gasteiger partial charge on any atom is -0.468 e. The Morgan fingerprint density at radius 3 is 2.11 bits per heavy atom. The van der Waals surface area contributed by atoms with E-state index in [1.54, 1.807) is 0 Å². The summed E-state index contributed by atoms with van der Waals surface area (Å²) in [5, 5.41) is 1.16. The van der Waals surface area contributed by atoms with Gasteiger partial charge in [0.15, 0.2) is 0 Å². The lowest BCUT2D eigenvalue weighted by molar-refractivity contribution is 0.394. The Bertz CT molecular complexity index is 2080. The largest absolute Gasteiger partial charge is 0.468 e. The lowest BCUT2D eigenvalue weighted by atomic mass is 9.36. The van der Waals surface area contributed by atoms with E-state index in [0.29, 0.717) is 0 Å². The van der Waals surface area contributed by atoms with Gasteiger partial charge in [-0.1, -0.05) is 99.6 Å². The molecule has 46 heavy (non-hydrogen) atoms. The molecule has 0 radical (unpaired) electrons. The molecule has 8 rings (SSSR count). The number of hydrogen-bond acceptors (Lipinski definition) is 3. The number of fused-ring (bicyclic) bond motifs is 8. The average molecular weight is 608 g/mol. The maximum atomic E-state index is 7.11. The number of benzene rings is 4. The van der Waals surface area contributed by atoms with Crippen LogP contribution in [0.25, 0.3) is 11.0 Å². The van der Waals surface area contributed by atoms with Crippen molar-refractivity contribution < 1.29 is 9.15 Å². The van der Waals surface area contributed by atoms with Crippen LogP contribution in [0.15, 0.2) is 71.1 Å². The van der Waals surface area contributed by atoms with Crippen LogP contribution in [0.1, 0.15) is 103 Å². The second-order valence-electron chi connectivity index (χ2n) is 17.5. The number of hydrogen-bond donors (Lipinski definition) is 0. The van der Waals surface area contributed by atoms with Gasteiger partial charge in [0.05, 0.1) is 11.3 Å². The zero-order valence-corrected chi connectivity index (χ0v) is 29.4. The lowest BCUT2D eigenvalue weighted by Gasteiger charge is -2.39. The van der Waals surface area contributed by atoms with Crippen LogP contribution >= 0.6 is 0 Å². The van der Waals surface area contributed by atoms with E-state index in [-0.39, 0.29) is 28.4 Å². The third kappa shape index (κ3) is 4.11. The smallest absolute Gasteiger partial charge is 0.301 e. The number of anilines is 3. The molecule has 0 unspecified atom stereocenters. The standard InChI is InChI=1S/C42H46BNO2/c1-24-20-31-35-33(21-24)45-37-30(18-17-29-34(37)42(10,11)23-41(29,8)9)43(35)38-36(28-22-26(40(5,6)7)14-19-32(28)46-38)44(31)27-15-12-25(13-16-27)39(2,3)4/h12-22H,23H2,1-11H3. The monoisotopic (exact) mass is 607 g/mol. The van der Waals surface area contributed by atoms with Crippen molar-refractivity contribution in [2.24, 2.45) is 0 Å². The first kappa shape index (κ1) is 29.5. The van der Waals surface area contributed by atoms with E-state index in [2.05, 4.69) is 148 Å². The summed E-state index contributed by atoms with van der Waals surface area (Å²) >= 11 is 0. The predicted octanol–water partition coefficient (Wildman–Crippen LogP) is 9.70. The lowest BCUT2D eigenvalue weighted by Crippen LogP contribution is -2.59. The summed E-state index contributed by atoms with van der Waals surface area (Å²) < 4.78 is 14.1. The average Bonchev–Trinajstić information content (AvgIpc) is 3.42. The number of aryl methyl sites for hydroxylation is 1. The number of ether oxygens (including phenoxy) is 1. The van der Waals surface area contributed by atoms with E-state index < -0.39 is 0 Å². The van der Waals surface area contributed by atoms with Crippen LogP contribution in [0.4, 0.5) is 17.1 Å². The van der Waals surface area contributed by atoms with Gasteiger partial charge in [-0.05, 0) is 99.1 Å². The molecule has 0 saturated heterocycles. The highest BCUT2D eigenvalue weighted by molar-refractivity contribution is 6.99. The van der Waals surface area contributed by atoms with Gasteiger partial charge in [0.2, 0.25) is 0 Å². The molecule has 4 aromatic carbocycles. The summed E-state index contributed by atoms with van der Waals surface area (Å²) in [6, 6.07) is 25.2. The summed E-state index contributed by atoms with van der Waals surface area (Å²) in [4.78, 5) is 2.44. The Hall–Kier alpha value is -3.92. The molecule has 1 aromatic heterocycles. The number of furan rings is 1. The van der Waals surface area contributed by atoms with E-state index >= 15 is 0 Å². The van der Waals surface area contributed by atoms with Crippen LogP contribution in [0.2, 0.25) is 0 Å². The van der Waals surface area contributed by atoms with E-state index in [4.69, 9.17) is 9.15 Å². The highest BCUT2D eigenvalue weighted by atomic mass is 16.5. The van der Waals surface area contributed by atoms with Gasteiger partial charge >= 0.3 is 6.71 Å². The molecule has 0 fully saturated rings. The molecule has 0 bridgehead atoms. The Labute approximate surface area is 275 Å². The second kappa shape index (κ2) is 9.12. The first-order chi connectivity index (χ1) is 21.5. The molecule has 3 heterocycles. The van der Waals surface area contributed by atoms with E-state index in [0.717, 1.165) is 45.9 Å². The highest BCUT2D eigenvalue weighted by Gasteiger charge is 2.50. The molecular weight excluding hydrogens is 561 g/mol. The van der Waals surface area contributed by atoms with Gasteiger partial charge in [0, 0.05) is 27.8 Å². The molecule has 4 heteroatoms. The molecule has 2 aliphatic heterocycles. The molecule has 0 saturated carbocycles. The van der Waals surface area contributed by atoms with Crippen molar-refractivity contribution in [3.63, 3.8) is 0 Å². The van der Waals surface area contributed by atoms with Gasteiger partial charge in [0.1, 0.15) is 17.1 Å². The summed E-state index contributed by atoms with van der Waals surface area (Å²) in [7, 11) is 0. The Kier molecular flexibility index (Phi) is 5.84. The third-order valence-corrected chi connectivity index (χ3v) is 10.8. The van der Waals surface area contributed by atoms with Gasteiger partial charge < -0.3 is 14.1 Å². The molecule has 3 nitrogen and oxygen atoms in total. The van der Waals surface area contributed by atoms with Crippen molar-refractivity contribution >= 4 is 51.3 Å². The van der Waals surface area contributed by atoms with Crippen LogP contribution in [0.3, 0.4) is 0 Å². The van der Waals surface area contributed by atoms with E-state index in [1.807, 2.05) is 0 Å². The number of nitrogens with zero attached hydrogens (tertiary/aromatic N) is 1. The van der Waals surface area contributed by atoms with Crippen LogP contribution in [0, 0.1) is 6.92 Å². The molecule has 0 spiro atoms. The first-order valence-electron chi connectivity index (χ1n) is 16.9. The van der Waals surface area contributed by atoms with Crippen LogP contribution in [-0.4, -0.2) is 6.71 Å². The Morgan fingerprint density at radius 2 is 1.43 bits per heavy atom. The maximum absolute atomic E-state index is 7.11. The zero-order valence-electron chi connectivity index (χ0n) is 29.4. The summed E-state index contributed by atoms with van der Waals surface area (Å²) in [6.07, 6.45) is 1.09. The van der Waals surface area contributed by atoms with Gasteiger partial charge in [-0.2, -0.15) is 0 Å². The molecule has 0 N–H and O–H groups in total. The molecule has 1 aliphatic carbocycles. The normalized spacial score (nSPS) is 17.4. The van der Waals surface area contributed by atoms with Crippen LogP contribution in [0.5, 0.6) is 11.5 Å². The highest BCUT2D eigenvalue weighted by Crippen LogP contribution is 2.54. The summed E-state index contributed by atoms with van der Waals surface area (Å²) in [5.74, 6) is 1.98. The summed E-state index contributed by atoms with van der Waals surface area (Å²) in [5.41, 5.74) is 14.5. The van der Waals surface area contributed by atoms with Crippen LogP contribution < -0.4 is 26.2 Å². The fraction of sp³-hybridized carbons (Fsp3) is 0.381. The number of rotatable bonds is 1. The van der Waals surface area contributed by atoms with Gasteiger partial charge in [-0.25, -0.2) is 0 Å². The van der Waals surface area contributed by atoms with Crippen molar-refractivity contribution in [1.29, 1.82) is 0 Å². The quantitative estimate of drug-likeness (QED) is 0.174. The van der Waals surface area contributed by atoms with Gasteiger partial charge in [-0.3, -0.25) is 0 Å². The SMILES string of the molecule is Cc1cc2c3c(c1)N(c1ccc(C(C)(C)C)cc1)c1c(oc4ccc(C(C)(C)C)cc14)B3c1ccc3c(c1O2)C(C)(C)CC3(C)C. The Balaban J connectivity index is 1.46. The van der Waals surface area contributed by atoms with Crippen LogP contribution in [-0.2, 0) is 21.7 Å². The molecular formula is C42H46BNO2. The van der Waals surface area contributed by atoms with E-state index in [1.165, 1.54) is 44.4 Å². The van der Waals surface area contributed by atoms with E-state index in [9.17, 15) is 0 Å². The minimum absolute atomic E-state index is 0.00214. The molecule has 5 aromatic rings. The van der Waals surface area contributed by atoms with Gasteiger partial charge in [0.25, 0.3) is 0 Å². The van der Waals surface area contributed by atoms with Crippen molar-refractivity contribution in [1.82, 2.24) is 0 Å².